The number of carbonyl (C=O) groups is 1. The van der Waals surface area contributed by atoms with Gasteiger partial charge in [0.05, 0.1) is 12.0 Å². The quantitative estimate of drug-likeness (QED) is 0.408. The van der Waals surface area contributed by atoms with Crippen molar-refractivity contribution in [3.05, 3.63) is 59.8 Å². The first-order chi connectivity index (χ1) is 17.7. The van der Waals surface area contributed by atoms with Crippen LogP contribution < -0.4 is 0 Å². The number of carbonyl (C=O) groups excluding carboxylic acids is 1. The van der Waals surface area contributed by atoms with Crippen LogP contribution in [0, 0.1) is 5.92 Å². The van der Waals surface area contributed by atoms with Crippen molar-refractivity contribution in [3.8, 4) is 0 Å². The molecule has 5 aliphatic rings. The zero-order valence-electron chi connectivity index (χ0n) is 22.5. The van der Waals surface area contributed by atoms with E-state index < -0.39 is 0 Å². The molecule has 4 nitrogen and oxygen atoms in total. The van der Waals surface area contributed by atoms with Gasteiger partial charge in [-0.2, -0.15) is 0 Å². The van der Waals surface area contributed by atoms with Crippen molar-refractivity contribution in [1.29, 1.82) is 0 Å². The second-order valence-corrected chi connectivity index (χ2v) is 11.6. The van der Waals surface area contributed by atoms with E-state index in [1.807, 2.05) is 0 Å². The summed E-state index contributed by atoms with van der Waals surface area (Å²) in [5.41, 5.74) is 4.52. The van der Waals surface area contributed by atoms with Crippen LogP contribution in [-0.2, 0) is 4.79 Å². The van der Waals surface area contributed by atoms with E-state index in [0.29, 0.717) is 24.0 Å². The zero-order valence-corrected chi connectivity index (χ0v) is 22.5. The molecule has 5 rings (SSSR count). The molecular formula is C32H47N3O. The van der Waals surface area contributed by atoms with Gasteiger partial charge >= 0.3 is 0 Å². The Morgan fingerprint density at radius 3 is 2.61 bits per heavy atom. The van der Waals surface area contributed by atoms with Crippen LogP contribution in [-0.4, -0.2) is 71.5 Å². The lowest BCUT2D eigenvalue weighted by atomic mass is 9.83. The highest BCUT2D eigenvalue weighted by molar-refractivity contribution is 5.81. The van der Waals surface area contributed by atoms with Gasteiger partial charge in [0.2, 0.25) is 5.91 Å². The molecule has 0 spiro atoms. The van der Waals surface area contributed by atoms with Crippen molar-refractivity contribution in [3.63, 3.8) is 0 Å². The Hall–Kier alpha value is -1.91. The van der Waals surface area contributed by atoms with Crippen molar-refractivity contribution in [2.75, 3.05) is 32.7 Å². The maximum Gasteiger partial charge on any atom is 0.229 e. The van der Waals surface area contributed by atoms with Crippen LogP contribution in [0.15, 0.2) is 59.8 Å². The molecule has 0 aromatic carbocycles. The molecule has 2 bridgehead atoms. The van der Waals surface area contributed by atoms with Crippen LogP contribution in [0.25, 0.3) is 0 Å². The maximum atomic E-state index is 13.3. The second kappa shape index (κ2) is 12.1. The third kappa shape index (κ3) is 5.65. The first-order valence-electron chi connectivity index (χ1n) is 14.8. The number of amides is 1. The van der Waals surface area contributed by atoms with Gasteiger partial charge in [-0.15, -0.1) is 6.58 Å². The third-order valence-corrected chi connectivity index (χ3v) is 9.26. The van der Waals surface area contributed by atoms with Gasteiger partial charge in [-0.25, -0.2) is 0 Å². The lowest BCUT2D eigenvalue weighted by molar-refractivity contribution is -0.133. The highest BCUT2D eigenvalue weighted by Crippen LogP contribution is 2.40. The largest absolute Gasteiger partial charge is 0.342 e. The molecule has 196 valence electrons. The van der Waals surface area contributed by atoms with Crippen molar-refractivity contribution < 1.29 is 4.79 Å². The van der Waals surface area contributed by atoms with Gasteiger partial charge in [0.1, 0.15) is 0 Å². The van der Waals surface area contributed by atoms with E-state index in [4.69, 9.17) is 0 Å². The smallest absolute Gasteiger partial charge is 0.229 e. The number of likely N-dealkylation sites (tertiary alicyclic amines) is 2. The Bertz CT molecular complexity index is 920. The average Bonchev–Trinajstić information content (AvgIpc) is 3.06. The molecule has 0 aromatic rings. The van der Waals surface area contributed by atoms with Crippen LogP contribution in [0.1, 0.15) is 77.6 Å². The van der Waals surface area contributed by atoms with Crippen LogP contribution in [0.2, 0.25) is 0 Å². The summed E-state index contributed by atoms with van der Waals surface area (Å²) in [5.74, 6) is 0.367. The van der Waals surface area contributed by atoms with Gasteiger partial charge in [0.25, 0.3) is 0 Å². The maximum absolute atomic E-state index is 13.3. The topological polar surface area (TPSA) is 26.8 Å². The number of nitrogens with zero attached hydrogens (tertiary/aromatic N) is 3. The summed E-state index contributed by atoms with van der Waals surface area (Å²) >= 11 is 0. The van der Waals surface area contributed by atoms with Gasteiger partial charge < -0.3 is 4.90 Å². The van der Waals surface area contributed by atoms with Crippen LogP contribution in [0.3, 0.4) is 0 Å². The molecule has 3 saturated heterocycles. The van der Waals surface area contributed by atoms with E-state index in [9.17, 15) is 4.79 Å². The summed E-state index contributed by atoms with van der Waals surface area (Å²) in [6, 6.07) is 1.61. The lowest BCUT2D eigenvalue weighted by Crippen LogP contribution is -2.47. The Morgan fingerprint density at radius 1 is 1.08 bits per heavy atom. The Labute approximate surface area is 219 Å². The fourth-order valence-electron chi connectivity index (χ4n) is 7.33. The Morgan fingerprint density at radius 2 is 1.89 bits per heavy atom. The zero-order chi connectivity index (χ0) is 24.9. The molecule has 36 heavy (non-hydrogen) atoms. The highest BCUT2D eigenvalue weighted by atomic mass is 16.2. The molecule has 4 heteroatoms. The summed E-state index contributed by atoms with van der Waals surface area (Å²) in [4.78, 5) is 21.0. The molecule has 3 aliphatic heterocycles. The minimum Gasteiger partial charge on any atom is -0.342 e. The number of rotatable bonds is 7. The van der Waals surface area contributed by atoms with Crippen LogP contribution in [0.4, 0.5) is 0 Å². The Balaban J connectivity index is 1.39. The highest BCUT2D eigenvalue weighted by Gasteiger charge is 2.43. The van der Waals surface area contributed by atoms with Gasteiger partial charge in [-0.1, -0.05) is 61.8 Å². The van der Waals surface area contributed by atoms with E-state index in [-0.39, 0.29) is 5.92 Å². The second-order valence-electron chi connectivity index (χ2n) is 11.6. The van der Waals surface area contributed by atoms with Crippen LogP contribution in [0.5, 0.6) is 0 Å². The molecular weight excluding hydrogens is 442 g/mol. The fraction of sp³-hybridized carbons (Fsp3) is 0.656. The standard InChI is InChI=1S/C32H47N3O/c1-3-19-33-22-18-29-16-17-30(24-33)35(29)31(28-11-9-10-25(4-2)23-28)26-12-14-27(15-13-26)32(36)34-20-7-5-6-8-21-34/h3,10,12-14,23,27,29-31H,1,4-9,11,15-22,24H2,2H3. The molecule has 2 aliphatic carbocycles. The molecule has 4 atom stereocenters. The fourth-order valence-corrected chi connectivity index (χ4v) is 7.33. The first-order valence-corrected chi connectivity index (χ1v) is 14.8. The van der Waals surface area contributed by atoms with Crippen molar-refractivity contribution in [2.24, 2.45) is 5.92 Å². The summed E-state index contributed by atoms with van der Waals surface area (Å²) < 4.78 is 0. The summed E-state index contributed by atoms with van der Waals surface area (Å²) in [6.07, 6.45) is 27.0. The normalized spacial score (nSPS) is 30.6. The van der Waals surface area contributed by atoms with E-state index >= 15 is 0 Å². The van der Waals surface area contributed by atoms with Crippen molar-refractivity contribution in [2.45, 2.75) is 95.7 Å². The summed E-state index contributed by atoms with van der Waals surface area (Å²) in [7, 11) is 0. The number of allylic oxidation sites excluding steroid dienone is 4. The summed E-state index contributed by atoms with van der Waals surface area (Å²) in [6.45, 7) is 11.5. The van der Waals surface area contributed by atoms with E-state index in [2.05, 4.69) is 64.7 Å². The predicted molar refractivity (Wildman–Crippen MR) is 150 cm³/mol. The Kier molecular flexibility index (Phi) is 8.64. The predicted octanol–water partition coefficient (Wildman–Crippen LogP) is 6.04. The number of fused-ring (bicyclic) bond motifs is 2. The van der Waals surface area contributed by atoms with E-state index in [0.717, 1.165) is 64.7 Å². The molecule has 0 saturated carbocycles. The molecule has 1 amide bonds. The van der Waals surface area contributed by atoms with Gasteiger partial charge in [-0.05, 0) is 68.9 Å². The number of hydrogen-bond donors (Lipinski definition) is 0. The average molecular weight is 490 g/mol. The van der Waals surface area contributed by atoms with E-state index in [1.54, 1.807) is 5.57 Å². The molecule has 3 heterocycles. The summed E-state index contributed by atoms with van der Waals surface area (Å²) in [5, 5.41) is 0. The van der Waals surface area contributed by atoms with Crippen LogP contribution >= 0.6 is 0 Å². The SMILES string of the molecule is C=CCN1CCC2CCC(C1)N2C(C1=CCC(C(=O)N2CCCCCC2)C=C1)C1=CC(CC)=CCC1. The van der Waals surface area contributed by atoms with Gasteiger partial charge in [0, 0.05) is 44.8 Å². The van der Waals surface area contributed by atoms with E-state index in [1.165, 1.54) is 49.8 Å². The van der Waals surface area contributed by atoms with Gasteiger partial charge in [-0.3, -0.25) is 14.6 Å². The van der Waals surface area contributed by atoms with Crippen molar-refractivity contribution >= 4 is 5.91 Å². The monoisotopic (exact) mass is 489 g/mol. The minimum atomic E-state index is 0.0165. The van der Waals surface area contributed by atoms with Gasteiger partial charge in [0.15, 0.2) is 0 Å². The third-order valence-electron chi connectivity index (χ3n) is 9.26. The number of hydrogen-bond acceptors (Lipinski definition) is 3. The molecule has 3 fully saturated rings. The molecule has 0 aromatic heterocycles. The molecule has 4 unspecified atom stereocenters. The first kappa shape index (κ1) is 25.7. The lowest BCUT2D eigenvalue weighted by Gasteiger charge is -2.40. The molecule has 0 radical (unpaired) electrons. The van der Waals surface area contributed by atoms with Crippen molar-refractivity contribution in [1.82, 2.24) is 14.7 Å². The molecule has 0 N–H and O–H groups in total. The minimum absolute atomic E-state index is 0.0165.